The highest BCUT2D eigenvalue weighted by atomic mass is 35.5. The zero-order valence-corrected chi connectivity index (χ0v) is 21.7. The quantitative estimate of drug-likeness (QED) is 0.177. The van der Waals surface area contributed by atoms with Crippen LogP contribution in [0.25, 0.3) is 0 Å². The highest BCUT2D eigenvalue weighted by molar-refractivity contribution is 7.12. The summed E-state index contributed by atoms with van der Waals surface area (Å²) in [5, 5.41) is 3.67. The molecule has 0 bridgehead atoms. The Hall–Kier alpha value is -3.82. The molecule has 1 saturated heterocycles. The van der Waals surface area contributed by atoms with E-state index in [1.807, 2.05) is 0 Å². The molecule has 3 aromatic rings. The fraction of sp³-hybridized carbons (Fsp3) is 0.250. The van der Waals surface area contributed by atoms with Crippen LogP contribution in [0.15, 0.2) is 66.0 Å². The Bertz CT molecular complexity index is 1380. The number of benzene rings is 2. The van der Waals surface area contributed by atoms with E-state index < -0.39 is 47.9 Å². The summed E-state index contributed by atoms with van der Waals surface area (Å²) in [4.78, 5) is 66.1. The van der Waals surface area contributed by atoms with Crippen LogP contribution in [0.4, 0.5) is 0 Å². The van der Waals surface area contributed by atoms with E-state index in [0.29, 0.717) is 17.7 Å². The van der Waals surface area contributed by atoms with Crippen LogP contribution >= 0.6 is 22.9 Å². The summed E-state index contributed by atoms with van der Waals surface area (Å²) in [5.41, 5.74) is 0.294. The van der Waals surface area contributed by atoms with Gasteiger partial charge < -0.3 is 4.74 Å². The Kier molecular flexibility index (Phi) is 7.40. The van der Waals surface area contributed by atoms with Gasteiger partial charge in [-0.3, -0.25) is 19.2 Å². The lowest BCUT2D eigenvalue weighted by Crippen LogP contribution is -2.52. The number of thiophene rings is 1. The average Bonchev–Trinajstić information content (AvgIpc) is 3.55. The summed E-state index contributed by atoms with van der Waals surface area (Å²) >= 11 is 7.50. The van der Waals surface area contributed by atoms with Crippen LogP contribution in [0, 0.1) is 11.8 Å². The van der Waals surface area contributed by atoms with Gasteiger partial charge in [-0.15, -0.1) is 11.3 Å². The SMILES string of the molecule is O=C(CN(C(=O)c1ccccc1Cl)N1C(=O)[C@H]2CCCC[C@H]2C1=O)c1ccc(OC(=O)c2cccs2)cc1. The number of carbonyl (C=O) groups is 5. The number of rotatable bonds is 7. The number of amides is 3. The molecule has 8 nitrogen and oxygen atoms in total. The van der Waals surface area contributed by atoms with Gasteiger partial charge in [0.15, 0.2) is 5.78 Å². The smallest absolute Gasteiger partial charge is 0.353 e. The minimum Gasteiger partial charge on any atom is -0.422 e. The van der Waals surface area contributed by atoms with Gasteiger partial charge in [0.25, 0.3) is 17.7 Å². The molecular formula is C28H23ClN2O6S. The molecule has 5 rings (SSSR count). The summed E-state index contributed by atoms with van der Waals surface area (Å²) in [5.74, 6) is -3.41. The molecule has 1 saturated carbocycles. The predicted molar refractivity (Wildman–Crippen MR) is 140 cm³/mol. The van der Waals surface area contributed by atoms with E-state index in [2.05, 4.69) is 0 Å². The Morgan fingerprint density at radius 2 is 1.58 bits per heavy atom. The molecule has 1 aromatic heterocycles. The zero-order chi connectivity index (χ0) is 26.8. The van der Waals surface area contributed by atoms with E-state index in [-0.39, 0.29) is 21.9 Å². The van der Waals surface area contributed by atoms with Gasteiger partial charge >= 0.3 is 5.97 Å². The Balaban J connectivity index is 1.39. The number of hydrazine groups is 1. The van der Waals surface area contributed by atoms with Crippen LogP contribution in [0.2, 0.25) is 5.02 Å². The molecule has 194 valence electrons. The summed E-state index contributed by atoms with van der Waals surface area (Å²) in [7, 11) is 0. The van der Waals surface area contributed by atoms with Crippen molar-refractivity contribution in [3.63, 3.8) is 0 Å². The topological polar surface area (TPSA) is 101 Å². The van der Waals surface area contributed by atoms with E-state index in [1.54, 1.807) is 29.6 Å². The van der Waals surface area contributed by atoms with E-state index in [4.69, 9.17) is 16.3 Å². The van der Waals surface area contributed by atoms with Crippen molar-refractivity contribution in [2.45, 2.75) is 25.7 Å². The maximum absolute atomic E-state index is 13.6. The number of hydrogen-bond donors (Lipinski definition) is 0. The number of fused-ring (bicyclic) bond motifs is 1. The molecule has 3 amide bonds. The highest BCUT2D eigenvalue weighted by Crippen LogP contribution is 2.39. The molecule has 1 aliphatic carbocycles. The second-order valence-corrected chi connectivity index (χ2v) is 10.5. The molecule has 0 spiro atoms. The fourth-order valence-electron chi connectivity index (χ4n) is 4.88. The summed E-state index contributed by atoms with van der Waals surface area (Å²) in [6.45, 7) is -0.546. The zero-order valence-electron chi connectivity index (χ0n) is 20.2. The second kappa shape index (κ2) is 10.9. The monoisotopic (exact) mass is 550 g/mol. The summed E-state index contributed by atoms with van der Waals surface area (Å²) < 4.78 is 5.33. The van der Waals surface area contributed by atoms with Gasteiger partial charge in [-0.25, -0.2) is 9.80 Å². The van der Waals surface area contributed by atoms with Crippen LogP contribution in [-0.4, -0.2) is 46.0 Å². The fourth-order valence-corrected chi connectivity index (χ4v) is 5.69. The number of nitrogens with zero attached hydrogens (tertiary/aromatic N) is 2. The highest BCUT2D eigenvalue weighted by Gasteiger charge is 2.52. The number of imide groups is 1. The minimum atomic E-state index is -0.717. The van der Waals surface area contributed by atoms with Crippen molar-refractivity contribution in [3.05, 3.63) is 87.1 Å². The van der Waals surface area contributed by atoms with Crippen molar-refractivity contribution in [1.29, 1.82) is 0 Å². The molecule has 1 aliphatic heterocycles. The van der Waals surface area contributed by atoms with Crippen LogP contribution in [0.3, 0.4) is 0 Å². The normalized spacial score (nSPS) is 18.7. The largest absolute Gasteiger partial charge is 0.422 e. The summed E-state index contributed by atoms with van der Waals surface area (Å²) in [6.07, 6.45) is 2.79. The van der Waals surface area contributed by atoms with Gasteiger partial charge in [-0.1, -0.05) is 42.6 Å². The van der Waals surface area contributed by atoms with Crippen LogP contribution in [0.1, 0.15) is 56.1 Å². The van der Waals surface area contributed by atoms with Crippen molar-refractivity contribution < 1.29 is 28.7 Å². The molecule has 2 aromatic carbocycles. The van der Waals surface area contributed by atoms with Crippen LogP contribution in [0.5, 0.6) is 5.75 Å². The third-order valence-corrected chi connectivity index (χ3v) is 7.98. The maximum Gasteiger partial charge on any atom is 0.353 e. The van der Waals surface area contributed by atoms with Gasteiger partial charge in [0.2, 0.25) is 0 Å². The second-order valence-electron chi connectivity index (χ2n) is 9.14. The van der Waals surface area contributed by atoms with E-state index in [1.165, 1.54) is 47.7 Å². The number of esters is 1. The van der Waals surface area contributed by atoms with Crippen molar-refractivity contribution in [2.75, 3.05) is 6.54 Å². The molecule has 10 heteroatoms. The van der Waals surface area contributed by atoms with E-state index in [9.17, 15) is 24.0 Å². The minimum absolute atomic E-state index is 0.0771. The van der Waals surface area contributed by atoms with Crippen molar-refractivity contribution >= 4 is 52.4 Å². The predicted octanol–water partition coefficient (Wildman–Crippen LogP) is 5.04. The van der Waals surface area contributed by atoms with E-state index >= 15 is 0 Å². The van der Waals surface area contributed by atoms with Crippen LogP contribution < -0.4 is 4.74 Å². The lowest BCUT2D eigenvalue weighted by Gasteiger charge is -2.30. The number of hydrogen-bond acceptors (Lipinski definition) is 7. The number of ketones is 1. The lowest BCUT2D eigenvalue weighted by atomic mass is 9.81. The third kappa shape index (κ3) is 4.99. The van der Waals surface area contributed by atoms with E-state index in [0.717, 1.165) is 22.9 Å². The van der Waals surface area contributed by atoms with Gasteiger partial charge in [-0.2, -0.15) is 5.01 Å². The molecule has 38 heavy (non-hydrogen) atoms. The first-order valence-corrected chi connectivity index (χ1v) is 13.4. The molecule has 2 fully saturated rings. The van der Waals surface area contributed by atoms with Gasteiger partial charge in [0.05, 0.1) is 22.4 Å². The molecular weight excluding hydrogens is 528 g/mol. The number of Topliss-reactive ketones (excluding diaryl/α,β-unsaturated/α-hetero) is 1. The average molecular weight is 551 g/mol. The third-order valence-electron chi connectivity index (χ3n) is 6.80. The number of ether oxygens (including phenoxy) is 1. The van der Waals surface area contributed by atoms with Crippen molar-refractivity contribution in [2.24, 2.45) is 11.8 Å². The Morgan fingerprint density at radius 3 is 2.18 bits per heavy atom. The first-order chi connectivity index (χ1) is 18.3. The molecule has 0 unspecified atom stereocenters. The van der Waals surface area contributed by atoms with Crippen molar-refractivity contribution in [3.8, 4) is 5.75 Å². The molecule has 0 N–H and O–H groups in total. The summed E-state index contributed by atoms with van der Waals surface area (Å²) in [6, 6.07) is 15.5. The first-order valence-electron chi connectivity index (χ1n) is 12.2. The number of halogens is 1. The molecule has 2 atom stereocenters. The van der Waals surface area contributed by atoms with Gasteiger partial charge in [-0.05, 0) is 60.7 Å². The first kappa shape index (κ1) is 25.8. The van der Waals surface area contributed by atoms with Gasteiger partial charge in [0.1, 0.15) is 17.2 Å². The Morgan fingerprint density at radius 1 is 0.921 bits per heavy atom. The molecule has 0 radical (unpaired) electrons. The van der Waals surface area contributed by atoms with Gasteiger partial charge in [0, 0.05) is 5.56 Å². The Labute approximate surface area is 227 Å². The number of carbonyl (C=O) groups excluding carboxylic acids is 5. The maximum atomic E-state index is 13.6. The van der Waals surface area contributed by atoms with Crippen molar-refractivity contribution in [1.82, 2.24) is 10.0 Å². The molecule has 2 aliphatic rings. The standard InChI is InChI=1S/C28H23ClN2O6S/c29-22-9-4-3-8-21(22)25(33)30(31-26(34)19-6-1-2-7-20(19)27(31)35)16-23(32)17-11-13-18(14-12-17)37-28(36)24-10-5-15-38-24/h3-5,8-15,19-20H,1-2,6-7,16H2/t19-,20+. The van der Waals surface area contributed by atoms with Crippen LogP contribution in [-0.2, 0) is 9.59 Å². The molecule has 2 heterocycles. The lowest BCUT2D eigenvalue weighted by molar-refractivity contribution is -0.154.